The zero-order valence-electron chi connectivity index (χ0n) is 18.2. The molecule has 7 heteroatoms. The van der Waals surface area contributed by atoms with E-state index in [1.54, 1.807) is 0 Å². The quantitative estimate of drug-likeness (QED) is 0.695. The smallest absolute Gasteiger partial charge is 0.222 e. The molecule has 2 saturated heterocycles. The van der Waals surface area contributed by atoms with Crippen molar-refractivity contribution in [2.24, 2.45) is 0 Å². The number of β-amino-alcohol motifs (C(OH)–C–C–N with tert-alkyl or cyclic N) is 1. The first-order valence-electron chi connectivity index (χ1n) is 11.3. The van der Waals surface area contributed by atoms with Crippen molar-refractivity contribution in [1.82, 2.24) is 10.2 Å². The Labute approximate surface area is 194 Å². The molecule has 6 nitrogen and oxygen atoms in total. The summed E-state index contributed by atoms with van der Waals surface area (Å²) in [4.78, 5) is 14.8. The number of carbonyl (C=O) groups excluding carboxylic acids is 1. The SMILES string of the molecule is O=C(C[C@@H]1CC[C@@H]2[C@H](COC[C@@H](O)CN2Cc2ccccc2)O1)NCc1ccccc1Cl. The van der Waals surface area contributed by atoms with Crippen LogP contribution >= 0.6 is 11.6 Å². The van der Waals surface area contributed by atoms with Crippen molar-refractivity contribution in [3.8, 4) is 0 Å². The maximum Gasteiger partial charge on any atom is 0.222 e. The van der Waals surface area contributed by atoms with Gasteiger partial charge in [-0.3, -0.25) is 9.69 Å². The van der Waals surface area contributed by atoms with E-state index in [2.05, 4.69) is 22.3 Å². The molecule has 2 aromatic rings. The third-order valence-corrected chi connectivity index (χ3v) is 6.53. The van der Waals surface area contributed by atoms with Gasteiger partial charge in [0.25, 0.3) is 0 Å². The normalized spacial score (nSPS) is 26.6. The van der Waals surface area contributed by atoms with E-state index in [1.165, 1.54) is 5.56 Å². The van der Waals surface area contributed by atoms with Gasteiger partial charge in [-0.15, -0.1) is 0 Å². The van der Waals surface area contributed by atoms with E-state index in [0.29, 0.717) is 37.7 Å². The van der Waals surface area contributed by atoms with Crippen LogP contribution in [-0.4, -0.2) is 60.0 Å². The van der Waals surface area contributed by atoms with Gasteiger partial charge in [0.1, 0.15) is 0 Å². The Hall–Kier alpha value is -1.96. The number of rotatable bonds is 6. The predicted molar refractivity (Wildman–Crippen MR) is 123 cm³/mol. The number of nitrogens with zero attached hydrogens (tertiary/aromatic N) is 1. The van der Waals surface area contributed by atoms with Crippen LogP contribution in [0, 0.1) is 0 Å². The lowest BCUT2D eigenvalue weighted by Crippen LogP contribution is -2.55. The van der Waals surface area contributed by atoms with Crippen molar-refractivity contribution in [3.63, 3.8) is 0 Å². The van der Waals surface area contributed by atoms with Crippen LogP contribution < -0.4 is 5.32 Å². The molecule has 0 radical (unpaired) electrons. The van der Waals surface area contributed by atoms with Crippen LogP contribution in [0.3, 0.4) is 0 Å². The van der Waals surface area contributed by atoms with Gasteiger partial charge in [0.05, 0.1) is 37.9 Å². The molecular formula is C25H31ClN2O4. The Kier molecular flexibility index (Phi) is 8.16. The second kappa shape index (κ2) is 11.3. The van der Waals surface area contributed by atoms with Gasteiger partial charge < -0.3 is 19.9 Å². The number of hydrogen-bond acceptors (Lipinski definition) is 5. The molecule has 2 N–H and O–H groups in total. The molecule has 1 amide bonds. The number of carbonyl (C=O) groups is 1. The second-order valence-corrected chi connectivity index (χ2v) is 9.03. The molecule has 0 unspecified atom stereocenters. The van der Waals surface area contributed by atoms with E-state index in [9.17, 15) is 9.90 Å². The summed E-state index contributed by atoms with van der Waals surface area (Å²) in [5, 5.41) is 13.9. The number of fused-ring (bicyclic) bond motifs is 1. The van der Waals surface area contributed by atoms with Gasteiger partial charge in [-0.2, -0.15) is 0 Å². The largest absolute Gasteiger partial charge is 0.389 e. The van der Waals surface area contributed by atoms with Gasteiger partial charge in [-0.25, -0.2) is 0 Å². The fourth-order valence-corrected chi connectivity index (χ4v) is 4.76. The molecular weight excluding hydrogens is 428 g/mol. The van der Waals surface area contributed by atoms with E-state index < -0.39 is 6.10 Å². The average Bonchev–Trinajstić information content (AvgIpc) is 2.78. The highest BCUT2D eigenvalue weighted by molar-refractivity contribution is 6.31. The lowest BCUT2D eigenvalue weighted by Gasteiger charge is -2.44. The Bertz CT molecular complexity index is 881. The van der Waals surface area contributed by atoms with Crippen LogP contribution in [0.2, 0.25) is 5.02 Å². The third kappa shape index (κ3) is 6.30. The van der Waals surface area contributed by atoms with Crippen molar-refractivity contribution < 1.29 is 19.4 Å². The monoisotopic (exact) mass is 458 g/mol. The van der Waals surface area contributed by atoms with Gasteiger partial charge in [-0.1, -0.05) is 60.1 Å². The zero-order chi connectivity index (χ0) is 22.3. The van der Waals surface area contributed by atoms with E-state index in [0.717, 1.165) is 24.9 Å². The van der Waals surface area contributed by atoms with E-state index in [1.807, 2.05) is 42.5 Å². The number of ether oxygens (including phenoxy) is 2. The van der Waals surface area contributed by atoms with Crippen LogP contribution in [0.4, 0.5) is 0 Å². The highest BCUT2D eigenvalue weighted by Crippen LogP contribution is 2.28. The molecule has 2 aliphatic rings. The third-order valence-electron chi connectivity index (χ3n) is 6.16. The molecule has 2 heterocycles. The first-order valence-corrected chi connectivity index (χ1v) is 11.7. The number of aliphatic hydroxyl groups is 1. The van der Waals surface area contributed by atoms with Crippen LogP contribution in [0.15, 0.2) is 54.6 Å². The molecule has 0 saturated carbocycles. The van der Waals surface area contributed by atoms with Crippen molar-refractivity contribution in [2.75, 3.05) is 19.8 Å². The van der Waals surface area contributed by atoms with Crippen LogP contribution in [0.5, 0.6) is 0 Å². The highest BCUT2D eigenvalue weighted by atomic mass is 35.5. The summed E-state index contributed by atoms with van der Waals surface area (Å²) in [6.45, 7) is 2.42. The van der Waals surface area contributed by atoms with Gasteiger partial charge in [0.2, 0.25) is 5.91 Å². The fraction of sp³-hybridized carbons (Fsp3) is 0.480. The van der Waals surface area contributed by atoms with Crippen molar-refractivity contribution in [3.05, 3.63) is 70.7 Å². The van der Waals surface area contributed by atoms with Gasteiger partial charge in [0.15, 0.2) is 0 Å². The number of benzene rings is 2. The number of hydrogen-bond donors (Lipinski definition) is 2. The van der Waals surface area contributed by atoms with Crippen LogP contribution in [0.25, 0.3) is 0 Å². The Balaban J connectivity index is 1.34. The van der Waals surface area contributed by atoms with Gasteiger partial charge in [-0.05, 0) is 30.0 Å². The first kappa shape index (κ1) is 23.2. The summed E-state index contributed by atoms with van der Waals surface area (Å²) in [5.74, 6) is -0.0447. The van der Waals surface area contributed by atoms with E-state index >= 15 is 0 Å². The summed E-state index contributed by atoms with van der Waals surface area (Å²) in [6.07, 6.45) is 1.22. The minimum absolute atomic E-state index is 0.0447. The summed E-state index contributed by atoms with van der Waals surface area (Å²) >= 11 is 6.17. The van der Waals surface area contributed by atoms with Crippen molar-refractivity contribution in [2.45, 2.75) is 56.7 Å². The zero-order valence-corrected chi connectivity index (χ0v) is 18.9. The van der Waals surface area contributed by atoms with E-state index in [-0.39, 0.29) is 24.2 Å². The predicted octanol–water partition coefficient (Wildman–Crippen LogP) is 3.16. The van der Waals surface area contributed by atoms with Crippen molar-refractivity contribution in [1.29, 1.82) is 0 Å². The summed E-state index contributed by atoms with van der Waals surface area (Å²) in [6, 6.07) is 17.9. The molecule has 2 aromatic carbocycles. The number of aliphatic hydroxyl groups excluding tert-OH is 1. The Morgan fingerprint density at radius 2 is 1.88 bits per heavy atom. The molecule has 0 aromatic heterocycles. The molecule has 0 bridgehead atoms. The molecule has 4 atom stereocenters. The summed E-state index contributed by atoms with van der Waals surface area (Å²) in [5.41, 5.74) is 2.11. The van der Waals surface area contributed by atoms with E-state index in [4.69, 9.17) is 21.1 Å². The van der Waals surface area contributed by atoms with Gasteiger partial charge >= 0.3 is 0 Å². The lowest BCUT2D eigenvalue weighted by molar-refractivity contribution is -0.158. The minimum atomic E-state index is -0.520. The Morgan fingerprint density at radius 1 is 1.09 bits per heavy atom. The molecule has 0 aliphatic carbocycles. The minimum Gasteiger partial charge on any atom is -0.389 e. The van der Waals surface area contributed by atoms with Crippen LogP contribution in [0.1, 0.15) is 30.4 Å². The molecule has 4 rings (SSSR count). The Morgan fingerprint density at radius 3 is 2.69 bits per heavy atom. The number of amides is 1. The van der Waals surface area contributed by atoms with Crippen LogP contribution in [-0.2, 0) is 27.4 Å². The average molecular weight is 459 g/mol. The second-order valence-electron chi connectivity index (χ2n) is 8.62. The lowest BCUT2D eigenvalue weighted by atomic mass is 9.94. The fourth-order valence-electron chi connectivity index (χ4n) is 4.56. The molecule has 2 aliphatic heterocycles. The van der Waals surface area contributed by atoms with Crippen molar-refractivity contribution >= 4 is 17.5 Å². The molecule has 172 valence electrons. The molecule has 2 fully saturated rings. The summed E-state index contributed by atoms with van der Waals surface area (Å²) < 4.78 is 12.1. The van der Waals surface area contributed by atoms with Gasteiger partial charge in [0, 0.05) is 30.7 Å². The maximum absolute atomic E-state index is 12.5. The number of nitrogens with one attached hydrogen (secondary N) is 1. The number of halogens is 1. The topological polar surface area (TPSA) is 71.0 Å². The summed E-state index contributed by atoms with van der Waals surface area (Å²) in [7, 11) is 0. The molecule has 0 spiro atoms. The molecule has 32 heavy (non-hydrogen) atoms. The standard InChI is InChI=1S/C25H31ClN2O4/c26-22-9-5-4-8-19(22)13-27-25(30)12-21-10-11-23-24(32-21)17-31-16-20(29)15-28(23)14-18-6-2-1-3-7-18/h1-9,20-21,23-24,29H,10-17H2,(H,27,30)/t20-,21-,23+,24-/m0/s1. The maximum atomic E-state index is 12.5. The first-order chi connectivity index (χ1) is 15.6. The highest BCUT2D eigenvalue weighted by Gasteiger charge is 2.38.